The van der Waals surface area contributed by atoms with E-state index in [0.717, 1.165) is 55.1 Å². The summed E-state index contributed by atoms with van der Waals surface area (Å²) in [6.07, 6.45) is 0. The quantitative estimate of drug-likeness (QED) is 0.739. The maximum atomic E-state index is 5.40. The monoisotopic (exact) mass is 352 g/mol. The standard InChI is InChI=1S/C20H24N4O2/c1-25-18-6-4-15(12-19(18)26-2)20-22-16-5-3-14(11-17(16)23-20)13-24-9-7-21-8-10-24/h3-6,11-12,21H,7-10,13H2,1-2H3,(H,22,23). The molecule has 0 unspecified atom stereocenters. The zero-order chi connectivity index (χ0) is 17.9. The number of methoxy groups -OCH3 is 2. The van der Waals surface area contributed by atoms with Crippen LogP contribution in [-0.4, -0.2) is 55.3 Å². The van der Waals surface area contributed by atoms with Crippen LogP contribution in [0.25, 0.3) is 22.4 Å². The van der Waals surface area contributed by atoms with Gasteiger partial charge in [-0.1, -0.05) is 6.07 Å². The van der Waals surface area contributed by atoms with Crippen molar-refractivity contribution in [2.75, 3.05) is 40.4 Å². The molecule has 2 heterocycles. The fourth-order valence-corrected chi connectivity index (χ4v) is 3.40. The molecule has 0 bridgehead atoms. The van der Waals surface area contributed by atoms with Gasteiger partial charge in [0, 0.05) is 38.3 Å². The molecule has 1 fully saturated rings. The predicted octanol–water partition coefficient (Wildman–Crippen LogP) is 2.65. The molecule has 1 aromatic heterocycles. The highest BCUT2D eigenvalue weighted by Gasteiger charge is 2.12. The number of hydrogen-bond donors (Lipinski definition) is 2. The molecule has 26 heavy (non-hydrogen) atoms. The normalized spacial score (nSPS) is 15.3. The number of rotatable bonds is 5. The number of fused-ring (bicyclic) bond motifs is 1. The number of benzene rings is 2. The first-order valence-electron chi connectivity index (χ1n) is 8.91. The first kappa shape index (κ1) is 16.9. The van der Waals surface area contributed by atoms with Crippen molar-refractivity contribution in [2.24, 2.45) is 0 Å². The molecule has 0 radical (unpaired) electrons. The van der Waals surface area contributed by atoms with Crippen LogP contribution in [-0.2, 0) is 6.54 Å². The van der Waals surface area contributed by atoms with Gasteiger partial charge in [-0.3, -0.25) is 4.90 Å². The topological polar surface area (TPSA) is 62.4 Å². The summed E-state index contributed by atoms with van der Waals surface area (Å²) in [5.41, 5.74) is 4.31. The molecule has 1 aliphatic rings. The fourth-order valence-electron chi connectivity index (χ4n) is 3.40. The SMILES string of the molecule is COc1ccc(-c2nc3ccc(CN4CCNCC4)cc3[nH]2)cc1OC. The van der Waals surface area contributed by atoms with E-state index in [-0.39, 0.29) is 0 Å². The summed E-state index contributed by atoms with van der Waals surface area (Å²) in [6, 6.07) is 12.3. The van der Waals surface area contributed by atoms with Crippen LogP contribution in [0.4, 0.5) is 0 Å². The van der Waals surface area contributed by atoms with Crippen LogP contribution in [0.1, 0.15) is 5.56 Å². The first-order valence-corrected chi connectivity index (χ1v) is 8.91. The van der Waals surface area contributed by atoms with E-state index in [0.29, 0.717) is 11.5 Å². The third-order valence-corrected chi connectivity index (χ3v) is 4.82. The Bertz CT molecular complexity index is 900. The van der Waals surface area contributed by atoms with E-state index >= 15 is 0 Å². The van der Waals surface area contributed by atoms with Crippen molar-refractivity contribution >= 4 is 11.0 Å². The van der Waals surface area contributed by atoms with Crippen LogP contribution in [0, 0.1) is 0 Å². The summed E-state index contributed by atoms with van der Waals surface area (Å²) in [6.45, 7) is 5.30. The minimum atomic E-state index is 0.699. The number of nitrogens with zero attached hydrogens (tertiary/aromatic N) is 2. The number of hydrogen-bond acceptors (Lipinski definition) is 5. The largest absolute Gasteiger partial charge is 0.493 e. The van der Waals surface area contributed by atoms with E-state index in [1.807, 2.05) is 18.2 Å². The van der Waals surface area contributed by atoms with Crippen LogP contribution in [0.2, 0.25) is 0 Å². The second-order valence-electron chi connectivity index (χ2n) is 6.53. The number of aromatic amines is 1. The van der Waals surface area contributed by atoms with Crippen LogP contribution < -0.4 is 14.8 Å². The molecule has 3 aromatic rings. The van der Waals surface area contributed by atoms with Crippen molar-refractivity contribution in [3.63, 3.8) is 0 Å². The van der Waals surface area contributed by atoms with Gasteiger partial charge in [0.2, 0.25) is 0 Å². The average Bonchev–Trinajstić information content (AvgIpc) is 3.11. The second-order valence-corrected chi connectivity index (χ2v) is 6.53. The lowest BCUT2D eigenvalue weighted by Gasteiger charge is -2.27. The molecular formula is C20H24N4O2. The van der Waals surface area contributed by atoms with Crippen LogP contribution >= 0.6 is 0 Å². The Kier molecular flexibility index (Phi) is 4.77. The summed E-state index contributed by atoms with van der Waals surface area (Å²) in [5, 5.41) is 3.39. The van der Waals surface area contributed by atoms with Gasteiger partial charge >= 0.3 is 0 Å². The smallest absolute Gasteiger partial charge is 0.161 e. The molecule has 0 atom stereocenters. The van der Waals surface area contributed by atoms with E-state index in [4.69, 9.17) is 14.5 Å². The number of nitrogens with one attached hydrogen (secondary N) is 2. The third kappa shape index (κ3) is 3.38. The molecule has 2 aromatic carbocycles. The molecule has 6 heteroatoms. The van der Waals surface area contributed by atoms with Crippen LogP contribution in [0.3, 0.4) is 0 Å². The summed E-state index contributed by atoms with van der Waals surface area (Å²) in [4.78, 5) is 10.6. The third-order valence-electron chi connectivity index (χ3n) is 4.82. The van der Waals surface area contributed by atoms with Crippen molar-refractivity contribution in [1.29, 1.82) is 0 Å². The maximum absolute atomic E-state index is 5.40. The van der Waals surface area contributed by atoms with Gasteiger partial charge in [0.05, 0.1) is 25.3 Å². The van der Waals surface area contributed by atoms with Gasteiger partial charge in [-0.15, -0.1) is 0 Å². The summed E-state index contributed by atoms with van der Waals surface area (Å²) >= 11 is 0. The van der Waals surface area contributed by atoms with Gasteiger partial charge in [-0.25, -0.2) is 4.98 Å². The van der Waals surface area contributed by atoms with Gasteiger partial charge in [-0.2, -0.15) is 0 Å². The predicted molar refractivity (Wildman–Crippen MR) is 103 cm³/mol. The Hall–Kier alpha value is -2.57. The molecule has 0 amide bonds. The van der Waals surface area contributed by atoms with Gasteiger partial charge in [-0.05, 0) is 35.9 Å². The molecule has 1 saturated heterocycles. The molecule has 1 aliphatic heterocycles. The van der Waals surface area contributed by atoms with Crippen molar-refractivity contribution in [3.8, 4) is 22.9 Å². The minimum Gasteiger partial charge on any atom is -0.493 e. The zero-order valence-electron chi connectivity index (χ0n) is 15.2. The van der Waals surface area contributed by atoms with E-state index < -0.39 is 0 Å². The van der Waals surface area contributed by atoms with E-state index in [1.165, 1.54) is 5.56 Å². The van der Waals surface area contributed by atoms with Gasteiger partial charge < -0.3 is 19.8 Å². The van der Waals surface area contributed by atoms with E-state index in [1.54, 1.807) is 14.2 Å². The molecule has 6 nitrogen and oxygen atoms in total. The van der Waals surface area contributed by atoms with Crippen LogP contribution in [0.5, 0.6) is 11.5 Å². The number of H-pyrrole nitrogens is 1. The second kappa shape index (κ2) is 7.35. The average molecular weight is 352 g/mol. The lowest BCUT2D eigenvalue weighted by atomic mass is 10.2. The zero-order valence-corrected chi connectivity index (χ0v) is 15.2. The lowest BCUT2D eigenvalue weighted by Crippen LogP contribution is -2.42. The Morgan fingerprint density at radius 3 is 2.58 bits per heavy atom. The molecule has 136 valence electrons. The highest BCUT2D eigenvalue weighted by Crippen LogP contribution is 2.32. The minimum absolute atomic E-state index is 0.699. The molecule has 0 spiro atoms. The Morgan fingerprint density at radius 1 is 1.00 bits per heavy atom. The Balaban J connectivity index is 1.61. The number of ether oxygens (including phenoxy) is 2. The number of piperazine rings is 1. The first-order chi connectivity index (χ1) is 12.8. The Morgan fingerprint density at radius 2 is 1.81 bits per heavy atom. The fraction of sp³-hybridized carbons (Fsp3) is 0.350. The van der Waals surface area contributed by atoms with Crippen molar-refractivity contribution in [2.45, 2.75) is 6.54 Å². The summed E-state index contributed by atoms with van der Waals surface area (Å²) < 4.78 is 10.7. The highest BCUT2D eigenvalue weighted by molar-refractivity contribution is 5.80. The molecule has 0 saturated carbocycles. The van der Waals surface area contributed by atoms with Gasteiger partial charge in [0.15, 0.2) is 11.5 Å². The molecule has 4 rings (SSSR count). The summed E-state index contributed by atoms with van der Waals surface area (Å²) in [5.74, 6) is 2.25. The molecule has 2 N–H and O–H groups in total. The van der Waals surface area contributed by atoms with Crippen molar-refractivity contribution in [3.05, 3.63) is 42.0 Å². The Labute approximate surface area is 153 Å². The number of imidazole rings is 1. The van der Waals surface area contributed by atoms with Crippen molar-refractivity contribution < 1.29 is 9.47 Å². The van der Waals surface area contributed by atoms with E-state index in [2.05, 4.69) is 33.4 Å². The number of aromatic nitrogens is 2. The maximum Gasteiger partial charge on any atom is 0.161 e. The van der Waals surface area contributed by atoms with Crippen molar-refractivity contribution in [1.82, 2.24) is 20.2 Å². The van der Waals surface area contributed by atoms with Gasteiger partial charge in [0.25, 0.3) is 0 Å². The molecular weight excluding hydrogens is 328 g/mol. The summed E-state index contributed by atoms with van der Waals surface area (Å²) in [7, 11) is 3.28. The molecule has 0 aliphatic carbocycles. The lowest BCUT2D eigenvalue weighted by molar-refractivity contribution is 0.233. The highest BCUT2D eigenvalue weighted by atomic mass is 16.5. The van der Waals surface area contributed by atoms with Crippen LogP contribution in [0.15, 0.2) is 36.4 Å². The van der Waals surface area contributed by atoms with E-state index in [9.17, 15) is 0 Å². The van der Waals surface area contributed by atoms with Gasteiger partial charge in [0.1, 0.15) is 5.82 Å².